The van der Waals surface area contributed by atoms with E-state index >= 15 is 0 Å². The van der Waals surface area contributed by atoms with Crippen molar-refractivity contribution in [3.63, 3.8) is 0 Å². The molecule has 170 valence electrons. The number of carbonyl (C=O) groups is 3. The van der Waals surface area contributed by atoms with Gasteiger partial charge < -0.3 is 4.90 Å². The van der Waals surface area contributed by atoms with E-state index in [1.54, 1.807) is 0 Å². The summed E-state index contributed by atoms with van der Waals surface area (Å²) < 4.78 is 13.6. The van der Waals surface area contributed by atoms with Gasteiger partial charge in [0.15, 0.2) is 0 Å². The van der Waals surface area contributed by atoms with Crippen LogP contribution in [0.5, 0.6) is 0 Å². The van der Waals surface area contributed by atoms with Crippen molar-refractivity contribution in [3.8, 4) is 0 Å². The van der Waals surface area contributed by atoms with Gasteiger partial charge in [0.25, 0.3) is 23.4 Å². The average Bonchev–Trinajstić information content (AvgIpc) is 3.03. The molecule has 1 saturated heterocycles. The summed E-state index contributed by atoms with van der Waals surface area (Å²) in [4.78, 5) is 52.5. The molecule has 0 unspecified atom stereocenters. The van der Waals surface area contributed by atoms with E-state index in [2.05, 4.69) is 0 Å². The largest absolute Gasteiger partial charge is 0.300 e. The van der Waals surface area contributed by atoms with Crippen LogP contribution in [0.4, 0.5) is 15.8 Å². The molecule has 0 radical (unpaired) electrons. The van der Waals surface area contributed by atoms with Gasteiger partial charge in [-0.2, -0.15) is 0 Å². The van der Waals surface area contributed by atoms with Crippen LogP contribution in [0.25, 0.3) is 0 Å². The second-order valence-corrected chi connectivity index (χ2v) is 8.59. The molecule has 0 bridgehead atoms. The molecule has 2 atom stereocenters. The number of halogens is 3. The number of amides is 3. The third-order valence-electron chi connectivity index (χ3n) is 5.80. The zero-order chi connectivity index (χ0) is 24.3. The molecule has 3 amide bonds. The van der Waals surface area contributed by atoms with Gasteiger partial charge >= 0.3 is 0 Å². The molecule has 2 heterocycles. The van der Waals surface area contributed by atoms with Crippen LogP contribution in [0, 0.1) is 15.9 Å². The Hall–Kier alpha value is -3.82. The van der Waals surface area contributed by atoms with Crippen LogP contribution in [0.15, 0.2) is 60.7 Å². The average molecular weight is 500 g/mol. The molecule has 3 aromatic rings. The van der Waals surface area contributed by atoms with Crippen molar-refractivity contribution in [2.75, 3.05) is 4.90 Å². The number of benzene rings is 3. The van der Waals surface area contributed by atoms with Gasteiger partial charge in [0, 0.05) is 21.8 Å². The zero-order valence-corrected chi connectivity index (χ0v) is 18.5. The van der Waals surface area contributed by atoms with Crippen LogP contribution in [0.1, 0.15) is 32.3 Å². The first kappa shape index (κ1) is 22.0. The predicted octanol–water partition coefficient (Wildman–Crippen LogP) is 4.79. The third-order valence-corrected chi connectivity index (χ3v) is 6.24. The summed E-state index contributed by atoms with van der Waals surface area (Å²) in [6.07, 6.45) is 0. The molecular weight excluding hydrogens is 488 g/mol. The Morgan fingerprint density at radius 1 is 0.853 bits per heavy atom. The highest BCUT2D eigenvalue weighted by atomic mass is 35.5. The molecule has 0 aliphatic carbocycles. The number of nitrogens with zero attached hydrogens (tertiary/aromatic N) is 3. The lowest BCUT2D eigenvalue weighted by molar-refractivity contribution is -0.385. The standard InChI is InChI=1S/C23H12Cl2FN3O5/c24-12-8-13(25)10-15(9-12)27-19(11-4-6-14(26)7-5-11)20(23(27)32)28-21(30)16-2-1-3-17(29(33)34)18(16)22(28)31/h1-10,19-20H/t19-,20-/m0/s1. The van der Waals surface area contributed by atoms with Crippen molar-refractivity contribution >= 4 is 52.3 Å². The Balaban J connectivity index is 1.62. The molecule has 0 spiro atoms. The maximum Gasteiger partial charge on any atom is 0.282 e. The van der Waals surface area contributed by atoms with Crippen LogP contribution >= 0.6 is 23.2 Å². The van der Waals surface area contributed by atoms with Gasteiger partial charge in [0.05, 0.1) is 16.5 Å². The Labute approximate surface area is 201 Å². The smallest absolute Gasteiger partial charge is 0.282 e. The number of nitro benzene ring substituents is 1. The number of hydrogen-bond acceptors (Lipinski definition) is 5. The summed E-state index contributed by atoms with van der Waals surface area (Å²) in [6, 6.07) is 11.2. The van der Waals surface area contributed by atoms with E-state index in [9.17, 15) is 28.9 Å². The van der Waals surface area contributed by atoms with Crippen LogP contribution in [0.2, 0.25) is 10.0 Å². The highest BCUT2D eigenvalue weighted by Gasteiger charge is 2.58. The van der Waals surface area contributed by atoms with E-state index in [-0.39, 0.29) is 21.2 Å². The fourth-order valence-corrected chi connectivity index (χ4v) is 4.89. The fraction of sp³-hybridized carbons (Fsp3) is 0.0870. The van der Waals surface area contributed by atoms with Crippen molar-refractivity contribution < 1.29 is 23.7 Å². The molecule has 5 rings (SSSR count). The zero-order valence-electron chi connectivity index (χ0n) is 16.9. The van der Waals surface area contributed by atoms with Gasteiger partial charge in [0.1, 0.15) is 17.4 Å². The van der Waals surface area contributed by atoms with Gasteiger partial charge in [0.2, 0.25) is 0 Å². The summed E-state index contributed by atoms with van der Waals surface area (Å²) in [6.45, 7) is 0. The summed E-state index contributed by atoms with van der Waals surface area (Å²) in [5.41, 5.74) is -0.299. The molecule has 3 aromatic carbocycles. The fourth-order valence-electron chi connectivity index (χ4n) is 4.37. The van der Waals surface area contributed by atoms with Crippen molar-refractivity contribution in [2.24, 2.45) is 0 Å². The van der Waals surface area contributed by atoms with Gasteiger partial charge in [-0.05, 0) is 42.0 Å². The highest BCUT2D eigenvalue weighted by Crippen LogP contribution is 2.46. The molecule has 34 heavy (non-hydrogen) atoms. The number of nitro groups is 1. The lowest BCUT2D eigenvalue weighted by Gasteiger charge is -2.49. The maximum atomic E-state index is 13.6. The van der Waals surface area contributed by atoms with Crippen molar-refractivity contribution in [1.82, 2.24) is 4.90 Å². The normalized spacial score (nSPS) is 19.3. The molecule has 0 saturated carbocycles. The number of hydrogen-bond donors (Lipinski definition) is 0. The molecule has 1 fully saturated rings. The number of β-lactam (4-membered cyclic amide) rings is 1. The molecular formula is C23H12Cl2FN3O5. The summed E-state index contributed by atoms with van der Waals surface area (Å²) in [5.74, 6) is -2.90. The summed E-state index contributed by atoms with van der Waals surface area (Å²) in [5, 5.41) is 12.0. The molecule has 0 aromatic heterocycles. The van der Waals surface area contributed by atoms with E-state index in [0.29, 0.717) is 11.3 Å². The number of anilines is 1. The number of rotatable bonds is 4. The summed E-state index contributed by atoms with van der Waals surface area (Å²) in [7, 11) is 0. The van der Waals surface area contributed by atoms with Crippen LogP contribution in [-0.4, -0.2) is 33.6 Å². The quantitative estimate of drug-likeness (QED) is 0.222. The minimum absolute atomic E-state index is 0.158. The number of fused-ring (bicyclic) bond motifs is 1. The van der Waals surface area contributed by atoms with Crippen molar-refractivity contribution in [3.05, 3.63) is 103 Å². The Morgan fingerprint density at radius 3 is 2.12 bits per heavy atom. The Morgan fingerprint density at radius 2 is 1.50 bits per heavy atom. The SMILES string of the molecule is O=C1c2cccc([N+](=O)[O-])c2C(=O)N1[C@@H]1C(=O)N(c2cc(Cl)cc(Cl)c2)[C@H]1c1ccc(F)cc1. The first-order valence-electron chi connectivity index (χ1n) is 9.89. The third kappa shape index (κ3) is 3.24. The molecule has 0 N–H and O–H groups in total. The second kappa shape index (κ2) is 7.89. The number of imide groups is 1. The van der Waals surface area contributed by atoms with Crippen LogP contribution < -0.4 is 4.90 Å². The predicted molar refractivity (Wildman–Crippen MR) is 120 cm³/mol. The van der Waals surface area contributed by atoms with Gasteiger partial charge in [-0.1, -0.05) is 41.4 Å². The lowest BCUT2D eigenvalue weighted by atomic mass is 9.86. The van der Waals surface area contributed by atoms with Gasteiger partial charge in [-0.3, -0.25) is 29.4 Å². The lowest BCUT2D eigenvalue weighted by Crippen LogP contribution is -2.67. The second-order valence-electron chi connectivity index (χ2n) is 7.71. The highest BCUT2D eigenvalue weighted by molar-refractivity contribution is 6.35. The first-order chi connectivity index (χ1) is 16.2. The molecule has 8 nitrogen and oxygen atoms in total. The van der Waals surface area contributed by atoms with Crippen molar-refractivity contribution in [1.29, 1.82) is 0 Å². The van der Waals surface area contributed by atoms with Gasteiger partial charge in [-0.15, -0.1) is 0 Å². The molecule has 2 aliphatic heterocycles. The van der Waals surface area contributed by atoms with Crippen molar-refractivity contribution in [2.45, 2.75) is 12.1 Å². The Kier molecular flexibility index (Phi) is 5.11. The summed E-state index contributed by atoms with van der Waals surface area (Å²) >= 11 is 12.2. The van der Waals surface area contributed by atoms with E-state index in [1.165, 1.54) is 59.5 Å². The first-order valence-corrected chi connectivity index (χ1v) is 10.6. The minimum Gasteiger partial charge on any atom is -0.300 e. The monoisotopic (exact) mass is 499 g/mol. The van der Waals surface area contributed by atoms with Crippen LogP contribution in [0.3, 0.4) is 0 Å². The molecule has 11 heteroatoms. The van der Waals surface area contributed by atoms with Gasteiger partial charge in [-0.25, -0.2) is 4.39 Å². The molecule has 2 aliphatic rings. The van der Waals surface area contributed by atoms with E-state index in [4.69, 9.17) is 23.2 Å². The van der Waals surface area contributed by atoms with Crippen LogP contribution in [-0.2, 0) is 4.79 Å². The minimum atomic E-state index is -1.31. The van der Waals surface area contributed by atoms with E-state index < -0.39 is 46.2 Å². The number of carbonyl (C=O) groups excluding carboxylic acids is 3. The maximum absolute atomic E-state index is 13.6. The van der Waals surface area contributed by atoms with E-state index in [1.807, 2.05) is 0 Å². The van der Waals surface area contributed by atoms with E-state index in [0.717, 1.165) is 11.0 Å². The topological polar surface area (TPSA) is 101 Å². The Bertz CT molecular complexity index is 1390.